The van der Waals surface area contributed by atoms with Gasteiger partial charge in [0, 0.05) is 24.6 Å². The van der Waals surface area contributed by atoms with Crippen molar-refractivity contribution in [3.63, 3.8) is 0 Å². The third-order valence-corrected chi connectivity index (χ3v) is 3.60. The maximum Gasteiger partial charge on any atom is 0.333 e. The van der Waals surface area contributed by atoms with Crippen LogP contribution in [0.25, 0.3) is 0 Å². The second-order valence-corrected chi connectivity index (χ2v) is 4.81. The minimum atomic E-state index is -0.309. The molecule has 4 heteroatoms. The number of esters is 1. The summed E-state index contributed by atoms with van der Waals surface area (Å²) in [7, 11) is 3.04. The SMILES string of the molecule is C/C=C(\C)[C@@H](N)[C@@H](C)[C@@H](C/C=C(\C)C(=O)OC)OC. The van der Waals surface area contributed by atoms with Crippen molar-refractivity contribution in [1.29, 1.82) is 0 Å². The van der Waals surface area contributed by atoms with E-state index in [1.165, 1.54) is 7.11 Å². The second kappa shape index (κ2) is 8.88. The lowest BCUT2D eigenvalue weighted by atomic mass is 9.89. The zero-order chi connectivity index (χ0) is 15.0. The number of methoxy groups -OCH3 is 2. The van der Waals surface area contributed by atoms with Gasteiger partial charge in [0.25, 0.3) is 0 Å². The van der Waals surface area contributed by atoms with E-state index < -0.39 is 0 Å². The molecule has 0 unspecified atom stereocenters. The maximum atomic E-state index is 11.3. The van der Waals surface area contributed by atoms with Gasteiger partial charge in [-0.1, -0.05) is 24.6 Å². The molecule has 0 bridgehead atoms. The van der Waals surface area contributed by atoms with Crippen LogP contribution in [-0.2, 0) is 14.3 Å². The molecule has 0 aromatic heterocycles. The molecule has 4 nitrogen and oxygen atoms in total. The van der Waals surface area contributed by atoms with Crippen molar-refractivity contribution in [2.45, 2.75) is 46.3 Å². The van der Waals surface area contributed by atoms with Gasteiger partial charge in [-0.15, -0.1) is 0 Å². The Morgan fingerprint density at radius 2 is 1.89 bits per heavy atom. The number of hydrogen-bond donors (Lipinski definition) is 1. The lowest BCUT2D eigenvalue weighted by Crippen LogP contribution is -2.37. The molecule has 0 aromatic rings. The molecular formula is C15H27NO3. The predicted molar refractivity (Wildman–Crippen MR) is 77.8 cm³/mol. The number of ether oxygens (including phenoxy) is 2. The Morgan fingerprint density at radius 3 is 2.32 bits per heavy atom. The Kier molecular flexibility index (Phi) is 8.35. The molecule has 0 aliphatic rings. The fourth-order valence-electron chi connectivity index (χ4n) is 1.90. The first-order valence-electron chi connectivity index (χ1n) is 6.55. The number of carbonyl (C=O) groups excluding carboxylic acids is 1. The minimum Gasteiger partial charge on any atom is -0.466 e. The number of hydrogen-bond acceptors (Lipinski definition) is 4. The number of carbonyl (C=O) groups is 1. The van der Waals surface area contributed by atoms with Gasteiger partial charge in [0.1, 0.15) is 0 Å². The molecule has 0 aromatic carbocycles. The first kappa shape index (κ1) is 17.9. The average molecular weight is 269 g/mol. The molecule has 0 amide bonds. The fourth-order valence-corrected chi connectivity index (χ4v) is 1.90. The summed E-state index contributed by atoms with van der Waals surface area (Å²) in [6.07, 6.45) is 4.48. The van der Waals surface area contributed by atoms with Crippen LogP contribution in [0, 0.1) is 5.92 Å². The van der Waals surface area contributed by atoms with E-state index in [9.17, 15) is 4.79 Å². The zero-order valence-electron chi connectivity index (χ0n) is 12.9. The highest BCUT2D eigenvalue weighted by Crippen LogP contribution is 2.19. The first-order valence-corrected chi connectivity index (χ1v) is 6.55. The maximum absolute atomic E-state index is 11.3. The molecule has 2 N–H and O–H groups in total. The Morgan fingerprint density at radius 1 is 1.32 bits per heavy atom. The summed E-state index contributed by atoms with van der Waals surface area (Å²) in [6.45, 7) is 7.79. The van der Waals surface area contributed by atoms with Gasteiger partial charge in [0.2, 0.25) is 0 Å². The molecule has 0 aliphatic carbocycles. The van der Waals surface area contributed by atoms with Crippen LogP contribution in [0.1, 0.15) is 34.1 Å². The van der Waals surface area contributed by atoms with Crippen molar-refractivity contribution in [3.05, 3.63) is 23.3 Å². The van der Waals surface area contributed by atoms with E-state index in [-0.39, 0.29) is 24.0 Å². The first-order chi connectivity index (χ1) is 8.88. The van der Waals surface area contributed by atoms with Gasteiger partial charge in [0.15, 0.2) is 0 Å². The molecule has 0 radical (unpaired) electrons. The molecular weight excluding hydrogens is 242 g/mol. The molecule has 19 heavy (non-hydrogen) atoms. The van der Waals surface area contributed by atoms with Crippen molar-refractivity contribution < 1.29 is 14.3 Å². The van der Waals surface area contributed by atoms with Crippen LogP contribution in [0.15, 0.2) is 23.3 Å². The van der Waals surface area contributed by atoms with Gasteiger partial charge in [-0.05, 0) is 27.2 Å². The van der Waals surface area contributed by atoms with Gasteiger partial charge in [-0.3, -0.25) is 0 Å². The average Bonchev–Trinajstić information content (AvgIpc) is 2.44. The summed E-state index contributed by atoms with van der Waals surface area (Å²) < 4.78 is 10.1. The normalized spacial score (nSPS) is 17.8. The Labute approximate surface area is 116 Å². The minimum absolute atomic E-state index is 0.0236. The van der Waals surface area contributed by atoms with Crippen molar-refractivity contribution in [3.8, 4) is 0 Å². The molecule has 110 valence electrons. The van der Waals surface area contributed by atoms with Crippen LogP contribution in [0.5, 0.6) is 0 Å². The van der Waals surface area contributed by atoms with Crippen LogP contribution >= 0.6 is 0 Å². The Bertz CT molecular complexity index is 347. The van der Waals surface area contributed by atoms with Gasteiger partial charge >= 0.3 is 5.97 Å². The number of rotatable bonds is 7. The second-order valence-electron chi connectivity index (χ2n) is 4.81. The van der Waals surface area contributed by atoms with Gasteiger partial charge < -0.3 is 15.2 Å². The molecule has 3 atom stereocenters. The highest BCUT2D eigenvalue weighted by Gasteiger charge is 2.23. The smallest absolute Gasteiger partial charge is 0.333 e. The van der Waals surface area contributed by atoms with E-state index >= 15 is 0 Å². The van der Waals surface area contributed by atoms with Crippen LogP contribution in [0.2, 0.25) is 0 Å². The summed E-state index contributed by atoms with van der Waals surface area (Å²) in [4.78, 5) is 11.3. The van der Waals surface area contributed by atoms with E-state index in [4.69, 9.17) is 10.5 Å². The molecule has 0 rings (SSSR count). The summed E-state index contributed by atoms with van der Waals surface area (Å²) in [5.41, 5.74) is 7.91. The largest absolute Gasteiger partial charge is 0.466 e. The molecule has 0 aliphatic heterocycles. The van der Waals surface area contributed by atoms with Gasteiger partial charge in [0.05, 0.1) is 13.2 Å². The van der Waals surface area contributed by atoms with Crippen LogP contribution in [0.3, 0.4) is 0 Å². The molecule has 0 heterocycles. The van der Waals surface area contributed by atoms with E-state index in [1.807, 2.05) is 26.0 Å². The standard InChI is InChI=1S/C15H27NO3/c1-7-10(2)14(16)12(4)13(18-5)9-8-11(3)15(17)19-6/h7-8,12-14H,9,16H2,1-6H3/b10-7+,11-8+/t12-,13+,14+/m0/s1. The third kappa shape index (κ3) is 5.57. The molecule has 0 fully saturated rings. The third-order valence-electron chi connectivity index (χ3n) is 3.60. The molecule has 0 saturated heterocycles. The zero-order valence-corrected chi connectivity index (χ0v) is 12.9. The lowest BCUT2D eigenvalue weighted by Gasteiger charge is -2.27. The van der Waals surface area contributed by atoms with Crippen molar-refractivity contribution >= 4 is 5.97 Å². The predicted octanol–water partition coefficient (Wildman–Crippen LogP) is 2.44. The number of nitrogens with two attached hydrogens (primary N) is 1. The highest BCUT2D eigenvalue weighted by atomic mass is 16.5. The molecule has 0 spiro atoms. The van der Waals surface area contributed by atoms with Crippen molar-refractivity contribution in [2.24, 2.45) is 11.7 Å². The summed E-state index contributed by atoms with van der Waals surface area (Å²) >= 11 is 0. The quantitative estimate of drug-likeness (QED) is 0.438. The van der Waals surface area contributed by atoms with E-state index in [0.29, 0.717) is 12.0 Å². The van der Waals surface area contributed by atoms with E-state index in [0.717, 1.165) is 5.57 Å². The van der Waals surface area contributed by atoms with Crippen molar-refractivity contribution in [2.75, 3.05) is 14.2 Å². The topological polar surface area (TPSA) is 61.6 Å². The van der Waals surface area contributed by atoms with Gasteiger partial charge in [-0.2, -0.15) is 0 Å². The van der Waals surface area contributed by atoms with Crippen LogP contribution in [0.4, 0.5) is 0 Å². The summed E-state index contributed by atoms with van der Waals surface area (Å²) in [5, 5.41) is 0. The number of allylic oxidation sites excluding steroid dienone is 1. The lowest BCUT2D eigenvalue weighted by molar-refractivity contribution is -0.136. The molecule has 0 saturated carbocycles. The van der Waals surface area contributed by atoms with Gasteiger partial charge in [-0.25, -0.2) is 4.79 Å². The highest BCUT2D eigenvalue weighted by molar-refractivity contribution is 5.87. The summed E-state index contributed by atoms with van der Waals surface area (Å²) in [6, 6.07) is -0.0400. The monoisotopic (exact) mass is 269 g/mol. The summed E-state index contributed by atoms with van der Waals surface area (Å²) in [5.74, 6) is -0.140. The fraction of sp³-hybridized carbons (Fsp3) is 0.667. The van der Waals surface area contributed by atoms with E-state index in [1.54, 1.807) is 14.0 Å². The van der Waals surface area contributed by atoms with E-state index in [2.05, 4.69) is 11.7 Å². The Balaban J connectivity index is 4.71. The Hall–Kier alpha value is -1.13. The van der Waals surface area contributed by atoms with Crippen LogP contribution in [-0.4, -0.2) is 32.3 Å². The van der Waals surface area contributed by atoms with Crippen molar-refractivity contribution in [1.82, 2.24) is 0 Å². The van der Waals surface area contributed by atoms with Crippen LogP contribution < -0.4 is 5.73 Å².